The lowest BCUT2D eigenvalue weighted by Crippen LogP contribution is -2.39. The van der Waals surface area contributed by atoms with Crippen LogP contribution in [-0.4, -0.2) is 51.6 Å². The van der Waals surface area contributed by atoms with Gasteiger partial charge < -0.3 is 30.5 Å². The first-order valence-corrected chi connectivity index (χ1v) is 10.8. The zero-order valence-electron chi connectivity index (χ0n) is 18.3. The van der Waals surface area contributed by atoms with E-state index >= 15 is 0 Å². The Hall–Kier alpha value is -2.87. The third-order valence-electron chi connectivity index (χ3n) is 6.06. The summed E-state index contributed by atoms with van der Waals surface area (Å²) in [6, 6.07) is 4.37. The molecule has 8 nitrogen and oxygen atoms in total. The smallest absolute Gasteiger partial charge is 0.220 e. The highest BCUT2D eigenvalue weighted by Crippen LogP contribution is 2.41. The van der Waals surface area contributed by atoms with Gasteiger partial charge in [0.1, 0.15) is 17.4 Å². The van der Waals surface area contributed by atoms with Crippen LogP contribution in [0.25, 0.3) is 16.6 Å². The summed E-state index contributed by atoms with van der Waals surface area (Å²) in [5.41, 5.74) is 2.76. The number of amides is 1. The van der Waals surface area contributed by atoms with Gasteiger partial charge in [-0.1, -0.05) is 0 Å². The number of carbonyl (C=O) groups is 1. The van der Waals surface area contributed by atoms with E-state index in [4.69, 9.17) is 10.1 Å². The second-order valence-corrected chi connectivity index (χ2v) is 9.25. The lowest BCUT2D eigenvalue weighted by Gasteiger charge is -2.23. The van der Waals surface area contributed by atoms with Crippen LogP contribution < -0.4 is 15.4 Å². The van der Waals surface area contributed by atoms with Gasteiger partial charge in [-0.2, -0.15) is 0 Å². The topological polar surface area (TPSA) is 112 Å². The number of benzene rings is 1. The van der Waals surface area contributed by atoms with Gasteiger partial charge in [-0.25, -0.2) is 4.98 Å². The highest BCUT2D eigenvalue weighted by molar-refractivity contribution is 6.09. The van der Waals surface area contributed by atoms with Gasteiger partial charge in [0.05, 0.1) is 24.0 Å². The molecule has 4 N–H and O–H groups in total. The molecule has 1 aromatic carbocycles. The van der Waals surface area contributed by atoms with Gasteiger partial charge in [0.2, 0.25) is 5.91 Å². The van der Waals surface area contributed by atoms with E-state index in [1.807, 2.05) is 39.2 Å². The number of hydrogen-bond acceptors (Lipinski definition) is 6. The van der Waals surface area contributed by atoms with Crippen LogP contribution in [0, 0.1) is 11.3 Å². The van der Waals surface area contributed by atoms with Crippen molar-refractivity contribution in [3.05, 3.63) is 30.2 Å². The summed E-state index contributed by atoms with van der Waals surface area (Å²) in [4.78, 5) is 16.3. The molecule has 1 amide bonds. The fraction of sp³-hybridized carbons (Fsp3) is 0.522. The predicted molar refractivity (Wildman–Crippen MR) is 120 cm³/mol. The Labute approximate surface area is 182 Å². The second kappa shape index (κ2) is 8.34. The SMILES string of the molecule is C[C@@H](Oc1cc(/C(C=N)=C/NC(C)(C)CO)cc2ncn(C3CC3)c12)[C@H]1CNC(=O)C1. The summed E-state index contributed by atoms with van der Waals surface area (Å²) < 4.78 is 8.60. The van der Waals surface area contributed by atoms with Crippen LogP contribution in [0.3, 0.4) is 0 Å². The maximum Gasteiger partial charge on any atom is 0.220 e. The van der Waals surface area contributed by atoms with Gasteiger partial charge in [-0.15, -0.1) is 0 Å². The van der Waals surface area contributed by atoms with Crippen LogP contribution in [0.2, 0.25) is 0 Å². The van der Waals surface area contributed by atoms with Crippen molar-refractivity contribution < 1.29 is 14.6 Å². The number of nitrogens with one attached hydrogen (secondary N) is 3. The number of allylic oxidation sites excluding steroid dienone is 1. The molecule has 0 bridgehead atoms. The van der Waals surface area contributed by atoms with Crippen LogP contribution in [0.5, 0.6) is 5.75 Å². The molecule has 2 atom stereocenters. The molecule has 1 aromatic heterocycles. The van der Waals surface area contributed by atoms with Crippen molar-refractivity contribution >= 4 is 28.7 Å². The molecule has 0 unspecified atom stereocenters. The first-order chi connectivity index (χ1) is 14.8. The van der Waals surface area contributed by atoms with Gasteiger partial charge in [-0.3, -0.25) is 4.79 Å². The quantitative estimate of drug-likeness (QED) is 0.462. The molecule has 31 heavy (non-hydrogen) atoms. The Morgan fingerprint density at radius 3 is 2.87 bits per heavy atom. The van der Waals surface area contributed by atoms with Crippen molar-refractivity contribution in [2.75, 3.05) is 13.2 Å². The van der Waals surface area contributed by atoms with Crippen LogP contribution in [0.1, 0.15) is 51.6 Å². The number of imidazole rings is 1. The normalized spacial score (nSPS) is 20.6. The maximum absolute atomic E-state index is 11.7. The van der Waals surface area contributed by atoms with Crippen LogP contribution in [0.4, 0.5) is 0 Å². The van der Waals surface area contributed by atoms with Gasteiger partial charge >= 0.3 is 0 Å². The summed E-state index contributed by atoms with van der Waals surface area (Å²) in [5.74, 6) is 0.903. The standard InChI is InChI=1S/C23H31N5O3/c1-14(16-8-21(30)25-10-16)31-20-7-15(17(9-24)11-27-23(2,3)12-29)6-19-22(20)28(13-26-19)18-4-5-18/h6-7,9,11,13-14,16,18,24,27,29H,4-5,8,10,12H2,1-3H3,(H,25,30)/b17-11+,24-9?/t14-,16-/m1/s1. The summed E-state index contributed by atoms with van der Waals surface area (Å²) in [5, 5.41) is 23.5. The molecular weight excluding hydrogens is 394 g/mol. The molecule has 0 radical (unpaired) electrons. The van der Waals surface area contributed by atoms with Crippen molar-refractivity contribution in [3.63, 3.8) is 0 Å². The number of fused-ring (bicyclic) bond motifs is 1. The molecule has 1 aliphatic carbocycles. The van der Waals surface area contributed by atoms with Gasteiger partial charge in [0.15, 0.2) is 0 Å². The Kier molecular flexibility index (Phi) is 5.75. The maximum atomic E-state index is 11.7. The Morgan fingerprint density at radius 1 is 1.48 bits per heavy atom. The fourth-order valence-electron chi connectivity index (χ4n) is 3.80. The minimum Gasteiger partial charge on any atom is -0.488 e. The van der Waals surface area contributed by atoms with Crippen molar-refractivity contribution in [1.29, 1.82) is 5.41 Å². The van der Waals surface area contributed by atoms with E-state index in [1.54, 1.807) is 6.20 Å². The first-order valence-electron chi connectivity index (χ1n) is 10.8. The van der Waals surface area contributed by atoms with E-state index in [2.05, 4.69) is 20.2 Å². The lowest BCUT2D eigenvalue weighted by atomic mass is 10.0. The lowest BCUT2D eigenvalue weighted by molar-refractivity contribution is -0.119. The van der Waals surface area contributed by atoms with E-state index in [1.165, 1.54) is 6.21 Å². The molecule has 4 rings (SSSR count). The molecule has 8 heteroatoms. The molecule has 2 aliphatic rings. The van der Waals surface area contributed by atoms with Gasteiger partial charge in [0.25, 0.3) is 0 Å². The third-order valence-corrected chi connectivity index (χ3v) is 6.06. The monoisotopic (exact) mass is 425 g/mol. The van der Waals surface area contributed by atoms with Gasteiger partial charge in [-0.05, 0) is 51.3 Å². The molecular formula is C23H31N5O3. The van der Waals surface area contributed by atoms with E-state index < -0.39 is 5.54 Å². The molecule has 166 valence electrons. The van der Waals surface area contributed by atoms with E-state index in [-0.39, 0.29) is 24.5 Å². The highest BCUT2D eigenvalue weighted by atomic mass is 16.5. The van der Waals surface area contributed by atoms with Crippen LogP contribution in [-0.2, 0) is 4.79 Å². The van der Waals surface area contributed by atoms with E-state index in [9.17, 15) is 9.90 Å². The number of rotatable bonds is 9. The molecule has 0 spiro atoms. The van der Waals surface area contributed by atoms with Crippen molar-refractivity contribution in [2.24, 2.45) is 5.92 Å². The number of aliphatic hydroxyl groups excluding tert-OH is 1. The van der Waals surface area contributed by atoms with Crippen molar-refractivity contribution in [1.82, 2.24) is 20.2 Å². The molecule has 1 saturated carbocycles. The number of nitrogens with zero attached hydrogens (tertiary/aromatic N) is 2. The van der Waals surface area contributed by atoms with Crippen LogP contribution in [0.15, 0.2) is 24.7 Å². The molecule has 2 aromatic rings. The summed E-state index contributed by atoms with van der Waals surface area (Å²) in [6.45, 7) is 6.37. The number of hydrogen-bond donors (Lipinski definition) is 4. The van der Waals surface area contributed by atoms with Crippen molar-refractivity contribution in [2.45, 2.75) is 57.7 Å². The first kappa shape index (κ1) is 21.4. The predicted octanol–water partition coefficient (Wildman–Crippen LogP) is 2.63. The minimum atomic E-state index is -0.498. The summed E-state index contributed by atoms with van der Waals surface area (Å²) >= 11 is 0. The largest absolute Gasteiger partial charge is 0.488 e. The number of aromatic nitrogens is 2. The molecule has 2 heterocycles. The average Bonchev–Trinajstić information content (AvgIpc) is 3.34. The number of carbonyl (C=O) groups excluding carboxylic acids is 1. The van der Waals surface area contributed by atoms with E-state index in [0.29, 0.717) is 24.6 Å². The summed E-state index contributed by atoms with van der Waals surface area (Å²) in [6.07, 6.45) is 7.49. The van der Waals surface area contributed by atoms with Gasteiger partial charge in [0, 0.05) is 42.9 Å². The highest BCUT2D eigenvalue weighted by Gasteiger charge is 2.30. The Bertz CT molecular complexity index is 1020. The fourth-order valence-corrected chi connectivity index (χ4v) is 3.80. The molecule has 2 fully saturated rings. The van der Waals surface area contributed by atoms with Crippen LogP contribution >= 0.6 is 0 Å². The molecule has 1 saturated heterocycles. The average molecular weight is 426 g/mol. The zero-order chi connectivity index (χ0) is 22.2. The third kappa shape index (κ3) is 4.58. The number of ether oxygens (including phenoxy) is 1. The second-order valence-electron chi connectivity index (χ2n) is 9.25. The Morgan fingerprint density at radius 2 is 2.26 bits per heavy atom. The van der Waals surface area contributed by atoms with E-state index in [0.717, 1.165) is 35.2 Å². The Balaban J connectivity index is 1.71. The summed E-state index contributed by atoms with van der Waals surface area (Å²) in [7, 11) is 0. The van der Waals surface area contributed by atoms with Crippen molar-refractivity contribution in [3.8, 4) is 5.75 Å². The molecule has 1 aliphatic heterocycles. The zero-order valence-corrected chi connectivity index (χ0v) is 18.3. The minimum absolute atomic E-state index is 0.0281. The number of aliphatic hydroxyl groups is 1.